The zero-order valence-corrected chi connectivity index (χ0v) is 13.8. The highest BCUT2D eigenvalue weighted by molar-refractivity contribution is 6.02. The van der Waals surface area contributed by atoms with Crippen LogP contribution >= 0.6 is 12.4 Å². The van der Waals surface area contributed by atoms with Gasteiger partial charge in [-0.3, -0.25) is 9.59 Å². The van der Waals surface area contributed by atoms with Gasteiger partial charge >= 0.3 is 0 Å². The van der Waals surface area contributed by atoms with E-state index in [1.165, 1.54) is 0 Å². The van der Waals surface area contributed by atoms with E-state index in [1.54, 1.807) is 4.90 Å². The number of para-hydroxylation sites is 1. The Kier molecular flexibility index (Phi) is 5.98. The summed E-state index contributed by atoms with van der Waals surface area (Å²) in [7, 11) is 0. The zero-order chi connectivity index (χ0) is 15.5. The van der Waals surface area contributed by atoms with E-state index in [-0.39, 0.29) is 30.3 Å². The monoisotopic (exact) mass is 339 g/mol. The van der Waals surface area contributed by atoms with Crippen molar-refractivity contribution in [3.05, 3.63) is 30.3 Å². The minimum atomic E-state index is -0.511. The van der Waals surface area contributed by atoms with E-state index in [9.17, 15) is 9.59 Å². The molecule has 2 fully saturated rings. The Morgan fingerprint density at radius 1 is 1.35 bits per heavy atom. The number of rotatable bonds is 3. The molecule has 126 valence electrons. The first-order valence-corrected chi connectivity index (χ1v) is 7.67. The number of ether oxygens (including phenoxy) is 1. The van der Waals surface area contributed by atoms with Crippen molar-refractivity contribution in [2.45, 2.75) is 31.5 Å². The second-order valence-corrected chi connectivity index (χ2v) is 5.75. The number of halogens is 1. The highest BCUT2D eigenvalue weighted by Crippen LogP contribution is 2.26. The summed E-state index contributed by atoms with van der Waals surface area (Å²) in [6, 6.07) is 9.13. The average molecular weight is 340 g/mol. The fourth-order valence-electron chi connectivity index (χ4n) is 3.02. The number of hydrogen-bond acceptors (Lipinski definition) is 4. The Labute approximate surface area is 142 Å². The van der Waals surface area contributed by atoms with E-state index in [0.29, 0.717) is 19.6 Å². The van der Waals surface area contributed by atoms with E-state index in [1.807, 2.05) is 37.3 Å². The van der Waals surface area contributed by atoms with Crippen LogP contribution < -0.4 is 15.5 Å². The van der Waals surface area contributed by atoms with Gasteiger partial charge in [-0.2, -0.15) is 0 Å². The fraction of sp³-hybridized carbons (Fsp3) is 0.500. The molecule has 23 heavy (non-hydrogen) atoms. The molecule has 1 aromatic rings. The molecule has 0 spiro atoms. The fourth-order valence-corrected chi connectivity index (χ4v) is 3.02. The number of carbonyl (C=O) groups excluding carboxylic acids is 2. The summed E-state index contributed by atoms with van der Waals surface area (Å²) in [5.74, 6) is -0.275. The third-order valence-electron chi connectivity index (χ3n) is 4.12. The Bertz CT molecular complexity index is 549. The summed E-state index contributed by atoms with van der Waals surface area (Å²) < 4.78 is 5.42. The Balaban J connectivity index is 0.00000192. The lowest BCUT2D eigenvalue weighted by atomic mass is 10.1. The van der Waals surface area contributed by atoms with Crippen molar-refractivity contribution in [1.29, 1.82) is 0 Å². The predicted molar refractivity (Wildman–Crippen MR) is 89.8 cm³/mol. The van der Waals surface area contributed by atoms with Gasteiger partial charge in [0.1, 0.15) is 12.1 Å². The van der Waals surface area contributed by atoms with Crippen LogP contribution in [0.2, 0.25) is 0 Å². The lowest BCUT2D eigenvalue weighted by Gasteiger charge is -2.24. The van der Waals surface area contributed by atoms with E-state index in [2.05, 4.69) is 10.6 Å². The van der Waals surface area contributed by atoms with Gasteiger partial charge in [-0.1, -0.05) is 18.2 Å². The molecule has 2 N–H and O–H groups in total. The molecule has 3 unspecified atom stereocenters. The minimum Gasteiger partial charge on any atom is -0.366 e. The molecule has 0 bridgehead atoms. The smallest absolute Gasteiger partial charge is 0.251 e. The Hall–Kier alpha value is -1.63. The molecule has 7 heteroatoms. The third-order valence-corrected chi connectivity index (χ3v) is 4.12. The van der Waals surface area contributed by atoms with Gasteiger partial charge in [0.25, 0.3) is 5.91 Å². The van der Waals surface area contributed by atoms with Crippen molar-refractivity contribution in [3.8, 4) is 0 Å². The quantitative estimate of drug-likeness (QED) is 0.850. The van der Waals surface area contributed by atoms with Crippen LogP contribution in [0.3, 0.4) is 0 Å². The molecular weight excluding hydrogens is 318 g/mol. The number of carbonyl (C=O) groups is 2. The maximum atomic E-state index is 12.6. The molecule has 2 saturated heterocycles. The molecule has 2 aliphatic rings. The summed E-state index contributed by atoms with van der Waals surface area (Å²) >= 11 is 0. The lowest BCUT2D eigenvalue weighted by molar-refractivity contribution is -0.136. The number of morpholine rings is 1. The van der Waals surface area contributed by atoms with Gasteiger partial charge in [-0.05, 0) is 25.5 Å². The molecule has 0 aliphatic carbocycles. The Morgan fingerprint density at radius 2 is 2.09 bits per heavy atom. The molecule has 2 heterocycles. The van der Waals surface area contributed by atoms with E-state index in [4.69, 9.17) is 4.74 Å². The molecule has 0 aromatic heterocycles. The van der Waals surface area contributed by atoms with Crippen LogP contribution in [0.25, 0.3) is 0 Å². The molecule has 3 atom stereocenters. The summed E-state index contributed by atoms with van der Waals surface area (Å²) in [5, 5.41) is 5.95. The zero-order valence-electron chi connectivity index (χ0n) is 13.0. The van der Waals surface area contributed by atoms with Crippen LogP contribution in [0.15, 0.2) is 30.3 Å². The number of nitrogens with one attached hydrogen (secondary N) is 2. The SMILES string of the molecule is CC1CC(NC(=O)C2CNCCO2)C(=O)N1c1ccccc1.Cl. The largest absolute Gasteiger partial charge is 0.366 e. The van der Waals surface area contributed by atoms with Crippen LogP contribution in [0.5, 0.6) is 0 Å². The van der Waals surface area contributed by atoms with Gasteiger partial charge in [0.2, 0.25) is 5.91 Å². The number of amides is 2. The second kappa shape index (κ2) is 7.77. The number of anilines is 1. The first kappa shape index (κ1) is 17.7. The molecule has 0 saturated carbocycles. The van der Waals surface area contributed by atoms with Crippen molar-refractivity contribution >= 4 is 29.9 Å². The van der Waals surface area contributed by atoms with Gasteiger partial charge in [-0.15, -0.1) is 12.4 Å². The van der Waals surface area contributed by atoms with E-state index in [0.717, 1.165) is 12.2 Å². The molecule has 6 nitrogen and oxygen atoms in total. The second-order valence-electron chi connectivity index (χ2n) is 5.75. The van der Waals surface area contributed by atoms with Gasteiger partial charge in [0.05, 0.1) is 6.61 Å². The van der Waals surface area contributed by atoms with Crippen LogP contribution in [0, 0.1) is 0 Å². The molecular formula is C16H22ClN3O3. The van der Waals surface area contributed by atoms with E-state index >= 15 is 0 Å². The van der Waals surface area contributed by atoms with Crippen molar-refractivity contribution in [1.82, 2.24) is 10.6 Å². The summed E-state index contributed by atoms with van der Waals surface area (Å²) in [4.78, 5) is 26.5. The first-order valence-electron chi connectivity index (χ1n) is 7.67. The third kappa shape index (κ3) is 3.83. The van der Waals surface area contributed by atoms with Crippen molar-refractivity contribution in [2.24, 2.45) is 0 Å². The van der Waals surface area contributed by atoms with Crippen molar-refractivity contribution < 1.29 is 14.3 Å². The predicted octanol–water partition coefficient (Wildman–Crippen LogP) is 0.707. The molecule has 1 aromatic carbocycles. The maximum absolute atomic E-state index is 12.6. The van der Waals surface area contributed by atoms with Gasteiger partial charge in [0.15, 0.2) is 0 Å². The van der Waals surface area contributed by atoms with Gasteiger partial charge < -0.3 is 20.3 Å². The van der Waals surface area contributed by atoms with Crippen molar-refractivity contribution in [2.75, 3.05) is 24.6 Å². The van der Waals surface area contributed by atoms with Crippen LogP contribution in [-0.4, -0.2) is 49.7 Å². The van der Waals surface area contributed by atoms with Crippen LogP contribution in [-0.2, 0) is 14.3 Å². The molecule has 0 radical (unpaired) electrons. The standard InChI is InChI=1S/C16H21N3O3.ClH/c1-11-9-13(18-15(20)14-10-17-7-8-22-14)16(21)19(11)12-5-3-2-4-6-12;/h2-6,11,13-14,17H,7-10H2,1H3,(H,18,20);1H. The summed E-state index contributed by atoms with van der Waals surface area (Å²) in [5.41, 5.74) is 0.868. The summed E-state index contributed by atoms with van der Waals surface area (Å²) in [6.45, 7) is 3.76. The molecule has 3 rings (SSSR count). The van der Waals surface area contributed by atoms with Gasteiger partial charge in [-0.25, -0.2) is 0 Å². The normalized spacial score (nSPS) is 27.4. The summed E-state index contributed by atoms with van der Waals surface area (Å²) in [6.07, 6.45) is 0.0993. The van der Waals surface area contributed by atoms with Crippen molar-refractivity contribution in [3.63, 3.8) is 0 Å². The van der Waals surface area contributed by atoms with Crippen LogP contribution in [0.1, 0.15) is 13.3 Å². The highest BCUT2D eigenvalue weighted by Gasteiger charge is 2.39. The van der Waals surface area contributed by atoms with Crippen LogP contribution in [0.4, 0.5) is 5.69 Å². The maximum Gasteiger partial charge on any atom is 0.251 e. The lowest BCUT2D eigenvalue weighted by Crippen LogP contribution is -2.51. The minimum absolute atomic E-state index is 0. The number of benzene rings is 1. The molecule has 2 aliphatic heterocycles. The van der Waals surface area contributed by atoms with E-state index < -0.39 is 12.1 Å². The van der Waals surface area contributed by atoms with Gasteiger partial charge in [0, 0.05) is 24.8 Å². The molecule has 2 amide bonds. The topological polar surface area (TPSA) is 70.7 Å². The number of nitrogens with zero attached hydrogens (tertiary/aromatic N) is 1. The number of hydrogen-bond donors (Lipinski definition) is 2. The Morgan fingerprint density at radius 3 is 2.74 bits per heavy atom. The first-order chi connectivity index (χ1) is 10.7. The highest BCUT2D eigenvalue weighted by atomic mass is 35.5. The average Bonchev–Trinajstić information content (AvgIpc) is 2.83.